The Morgan fingerprint density at radius 1 is 1.07 bits per heavy atom. The SMILES string of the molecule is COc1ccc(OCCCC(=O)Nc2ccn(Cc3ccc(F)cc3)n2)cc1. The number of halogens is 1. The van der Waals surface area contributed by atoms with Gasteiger partial charge >= 0.3 is 0 Å². The molecule has 3 rings (SSSR count). The average Bonchev–Trinajstić information content (AvgIpc) is 3.14. The number of ether oxygens (including phenoxy) is 2. The molecule has 0 aliphatic rings. The highest BCUT2D eigenvalue weighted by Crippen LogP contribution is 2.17. The minimum atomic E-state index is -0.270. The summed E-state index contributed by atoms with van der Waals surface area (Å²) in [5.41, 5.74) is 0.929. The summed E-state index contributed by atoms with van der Waals surface area (Å²) >= 11 is 0. The van der Waals surface area contributed by atoms with Crippen LogP contribution in [-0.4, -0.2) is 29.4 Å². The molecule has 0 saturated heterocycles. The zero-order chi connectivity index (χ0) is 19.8. The van der Waals surface area contributed by atoms with Gasteiger partial charge in [-0.3, -0.25) is 9.48 Å². The van der Waals surface area contributed by atoms with Crippen molar-refractivity contribution in [2.24, 2.45) is 0 Å². The Labute approximate surface area is 162 Å². The molecule has 1 aromatic heterocycles. The van der Waals surface area contributed by atoms with E-state index in [9.17, 15) is 9.18 Å². The molecule has 0 spiro atoms. The summed E-state index contributed by atoms with van der Waals surface area (Å²) in [6, 6.07) is 15.3. The summed E-state index contributed by atoms with van der Waals surface area (Å²) in [5.74, 6) is 1.60. The van der Waals surface area contributed by atoms with Crippen LogP contribution < -0.4 is 14.8 Å². The summed E-state index contributed by atoms with van der Waals surface area (Å²) in [7, 11) is 1.61. The highest BCUT2D eigenvalue weighted by molar-refractivity contribution is 5.89. The minimum absolute atomic E-state index is 0.120. The molecule has 1 N–H and O–H groups in total. The maximum absolute atomic E-state index is 12.9. The quantitative estimate of drug-likeness (QED) is 0.570. The third kappa shape index (κ3) is 5.84. The lowest BCUT2D eigenvalue weighted by molar-refractivity contribution is -0.116. The van der Waals surface area contributed by atoms with Crippen molar-refractivity contribution in [1.82, 2.24) is 9.78 Å². The van der Waals surface area contributed by atoms with Gasteiger partial charge in [0.1, 0.15) is 17.3 Å². The molecule has 0 aliphatic carbocycles. The summed E-state index contributed by atoms with van der Waals surface area (Å²) in [4.78, 5) is 12.0. The maximum Gasteiger partial charge on any atom is 0.225 e. The molecule has 0 bridgehead atoms. The fourth-order valence-corrected chi connectivity index (χ4v) is 2.59. The third-order valence-corrected chi connectivity index (χ3v) is 4.04. The van der Waals surface area contributed by atoms with Gasteiger partial charge in [0.05, 0.1) is 20.3 Å². The van der Waals surface area contributed by atoms with E-state index >= 15 is 0 Å². The topological polar surface area (TPSA) is 65.4 Å². The van der Waals surface area contributed by atoms with E-state index in [1.54, 1.807) is 36.2 Å². The second-order valence-corrected chi connectivity index (χ2v) is 6.20. The lowest BCUT2D eigenvalue weighted by atomic mass is 10.2. The van der Waals surface area contributed by atoms with E-state index in [2.05, 4.69) is 10.4 Å². The number of carbonyl (C=O) groups excluding carboxylic acids is 1. The molecular weight excluding hydrogens is 361 g/mol. The highest BCUT2D eigenvalue weighted by atomic mass is 19.1. The van der Waals surface area contributed by atoms with E-state index in [0.717, 1.165) is 17.1 Å². The molecule has 1 heterocycles. The first-order chi connectivity index (χ1) is 13.6. The number of methoxy groups -OCH3 is 1. The molecule has 3 aromatic rings. The normalized spacial score (nSPS) is 10.5. The molecule has 2 aromatic carbocycles. The van der Waals surface area contributed by atoms with Crippen LogP contribution in [0.2, 0.25) is 0 Å². The second kappa shape index (κ2) is 9.55. The van der Waals surface area contributed by atoms with Gasteiger partial charge in [0.25, 0.3) is 0 Å². The van der Waals surface area contributed by atoms with Crippen molar-refractivity contribution in [3.8, 4) is 11.5 Å². The molecule has 0 fully saturated rings. The summed E-state index contributed by atoms with van der Waals surface area (Å²) in [5, 5.41) is 7.08. The van der Waals surface area contributed by atoms with Crippen LogP contribution in [0.4, 0.5) is 10.2 Å². The average molecular weight is 383 g/mol. The number of benzene rings is 2. The smallest absolute Gasteiger partial charge is 0.225 e. The second-order valence-electron chi connectivity index (χ2n) is 6.20. The van der Waals surface area contributed by atoms with Crippen molar-refractivity contribution in [1.29, 1.82) is 0 Å². The molecule has 0 unspecified atom stereocenters. The fourth-order valence-electron chi connectivity index (χ4n) is 2.59. The number of rotatable bonds is 9. The van der Waals surface area contributed by atoms with Crippen LogP contribution in [-0.2, 0) is 11.3 Å². The third-order valence-electron chi connectivity index (χ3n) is 4.04. The molecule has 0 atom stereocenters. The van der Waals surface area contributed by atoms with Crippen LogP contribution >= 0.6 is 0 Å². The zero-order valence-electron chi connectivity index (χ0n) is 15.6. The predicted molar refractivity (Wildman–Crippen MR) is 104 cm³/mol. The number of amides is 1. The number of aromatic nitrogens is 2. The van der Waals surface area contributed by atoms with Crippen LogP contribution in [0.5, 0.6) is 11.5 Å². The molecule has 0 radical (unpaired) electrons. The first-order valence-electron chi connectivity index (χ1n) is 8.97. The van der Waals surface area contributed by atoms with Crippen LogP contribution in [0, 0.1) is 5.82 Å². The van der Waals surface area contributed by atoms with Gasteiger partial charge in [-0.25, -0.2) is 4.39 Å². The standard InChI is InChI=1S/C21H22FN3O3/c1-27-18-8-10-19(11-9-18)28-14-2-3-21(26)23-20-12-13-25(24-20)15-16-4-6-17(22)7-5-16/h4-13H,2-3,14-15H2,1H3,(H,23,24,26). The van der Waals surface area contributed by atoms with Gasteiger partial charge in [0.2, 0.25) is 5.91 Å². The summed E-state index contributed by atoms with van der Waals surface area (Å²) in [6.45, 7) is 0.949. The van der Waals surface area contributed by atoms with Gasteiger partial charge in [-0.2, -0.15) is 5.10 Å². The highest BCUT2D eigenvalue weighted by Gasteiger charge is 2.06. The summed E-state index contributed by atoms with van der Waals surface area (Å²) < 4.78 is 25.3. The molecule has 1 amide bonds. The number of hydrogen-bond acceptors (Lipinski definition) is 4. The Hall–Kier alpha value is -3.35. The van der Waals surface area contributed by atoms with E-state index in [1.165, 1.54) is 12.1 Å². The van der Waals surface area contributed by atoms with Crippen LogP contribution in [0.15, 0.2) is 60.8 Å². The van der Waals surface area contributed by atoms with Crippen molar-refractivity contribution in [2.75, 3.05) is 19.0 Å². The van der Waals surface area contributed by atoms with Gasteiger partial charge in [0.15, 0.2) is 5.82 Å². The predicted octanol–water partition coefficient (Wildman–Crippen LogP) is 3.88. The van der Waals surface area contributed by atoms with Crippen molar-refractivity contribution < 1.29 is 18.7 Å². The first-order valence-corrected chi connectivity index (χ1v) is 8.97. The molecule has 0 aliphatic heterocycles. The maximum atomic E-state index is 12.9. The Morgan fingerprint density at radius 3 is 2.50 bits per heavy atom. The van der Waals surface area contributed by atoms with Gasteiger partial charge in [-0.15, -0.1) is 0 Å². The van der Waals surface area contributed by atoms with Gasteiger partial charge in [-0.05, 0) is 48.4 Å². The van der Waals surface area contributed by atoms with E-state index in [0.29, 0.717) is 31.8 Å². The van der Waals surface area contributed by atoms with Gasteiger partial charge in [-0.1, -0.05) is 12.1 Å². The van der Waals surface area contributed by atoms with E-state index in [4.69, 9.17) is 9.47 Å². The Kier molecular flexibility index (Phi) is 6.62. The molecule has 146 valence electrons. The van der Waals surface area contributed by atoms with Gasteiger partial charge in [0, 0.05) is 18.7 Å². The van der Waals surface area contributed by atoms with Crippen LogP contribution in [0.25, 0.3) is 0 Å². The lowest BCUT2D eigenvalue weighted by Crippen LogP contribution is -2.13. The van der Waals surface area contributed by atoms with Crippen LogP contribution in [0.3, 0.4) is 0 Å². The number of anilines is 1. The number of hydrogen-bond donors (Lipinski definition) is 1. The number of carbonyl (C=O) groups is 1. The van der Waals surface area contributed by atoms with E-state index < -0.39 is 0 Å². The van der Waals surface area contributed by atoms with Crippen molar-refractivity contribution in [3.05, 3.63) is 72.2 Å². The monoisotopic (exact) mass is 383 g/mol. The largest absolute Gasteiger partial charge is 0.497 e. The van der Waals surface area contributed by atoms with Crippen molar-refractivity contribution >= 4 is 11.7 Å². The lowest BCUT2D eigenvalue weighted by Gasteiger charge is -2.07. The number of nitrogens with one attached hydrogen (secondary N) is 1. The summed E-state index contributed by atoms with van der Waals surface area (Å²) in [6.07, 6.45) is 2.70. The molecule has 7 heteroatoms. The van der Waals surface area contributed by atoms with Crippen LogP contribution in [0.1, 0.15) is 18.4 Å². The Morgan fingerprint density at radius 2 is 1.79 bits per heavy atom. The Balaban J connectivity index is 1.38. The molecular formula is C21H22FN3O3. The first kappa shape index (κ1) is 19.4. The van der Waals surface area contributed by atoms with Crippen molar-refractivity contribution in [3.63, 3.8) is 0 Å². The zero-order valence-corrected chi connectivity index (χ0v) is 15.6. The van der Waals surface area contributed by atoms with Gasteiger partial charge < -0.3 is 14.8 Å². The Bertz CT molecular complexity index is 892. The minimum Gasteiger partial charge on any atom is -0.497 e. The molecule has 28 heavy (non-hydrogen) atoms. The fraction of sp³-hybridized carbons (Fsp3) is 0.238. The van der Waals surface area contributed by atoms with Crippen molar-refractivity contribution in [2.45, 2.75) is 19.4 Å². The molecule has 6 nitrogen and oxygen atoms in total. The van der Waals surface area contributed by atoms with E-state index in [-0.39, 0.29) is 11.7 Å². The van der Waals surface area contributed by atoms with E-state index in [1.807, 2.05) is 24.3 Å². The molecule has 0 saturated carbocycles. The number of nitrogens with zero attached hydrogens (tertiary/aromatic N) is 2.